The summed E-state index contributed by atoms with van der Waals surface area (Å²) in [5, 5.41) is 1.94. The lowest BCUT2D eigenvalue weighted by Gasteiger charge is -2.38. The van der Waals surface area contributed by atoms with E-state index < -0.39 is 5.92 Å². The number of halogens is 2. The Balaban J connectivity index is 1.05. The molecule has 0 spiro atoms. The van der Waals surface area contributed by atoms with Crippen molar-refractivity contribution in [3.05, 3.63) is 89.5 Å². The number of alkyl halides is 2. The van der Waals surface area contributed by atoms with Crippen LogP contribution in [0.25, 0.3) is 17.0 Å². The fourth-order valence-electron chi connectivity index (χ4n) is 4.93. The van der Waals surface area contributed by atoms with Crippen molar-refractivity contribution in [1.29, 1.82) is 0 Å². The molecule has 1 fully saturated rings. The van der Waals surface area contributed by atoms with Crippen molar-refractivity contribution in [3.63, 3.8) is 0 Å². The zero-order chi connectivity index (χ0) is 24.3. The maximum Gasteiger partial charge on any atom is 0.272 e. The van der Waals surface area contributed by atoms with Crippen molar-refractivity contribution in [2.24, 2.45) is 0 Å². The Morgan fingerprint density at radius 2 is 1.83 bits per heavy atom. The Labute approximate surface area is 210 Å². The highest BCUT2D eigenvalue weighted by molar-refractivity contribution is 7.98. The largest absolute Gasteiger partial charge is 0.322 e. The van der Waals surface area contributed by atoms with Crippen LogP contribution in [0.5, 0.6) is 0 Å². The molecule has 0 saturated carbocycles. The van der Waals surface area contributed by atoms with Crippen LogP contribution in [0.3, 0.4) is 0 Å². The highest BCUT2D eigenvalue weighted by Gasteiger charge is 2.43. The van der Waals surface area contributed by atoms with Crippen LogP contribution in [0.1, 0.15) is 27.9 Å². The number of hydrazine groups is 2. The molecular formula is C25H24F2N8S. The van der Waals surface area contributed by atoms with Gasteiger partial charge in [0, 0.05) is 60.8 Å². The molecule has 0 atom stereocenters. The van der Waals surface area contributed by atoms with Crippen LogP contribution in [0, 0.1) is 0 Å². The summed E-state index contributed by atoms with van der Waals surface area (Å²) < 4.78 is 30.4. The Hall–Kier alpha value is -3.41. The summed E-state index contributed by atoms with van der Waals surface area (Å²) in [6.07, 6.45) is 14.1. The second kappa shape index (κ2) is 8.32. The lowest BCUT2D eigenvalue weighted by atomic mass is 10.1. The smallest absolute Gasteiger partial charge is 0.272 e. The van der Waals surface area contributed by atoms with E-state index in [1.807, 2.05) is 64.3 Å². The number of nitrogens with one attached hydrogen (secondary N) is 2. The molecule has 8 nitrogen and oxygen atoms in total. The van der Waals surface area contributed by atoms with Gasteiger partial charge in [-0.1, -0.05) is 6.07 Å². The SMILES string of the molecule is FC1(F)CN(Cc2ccc3nc(CN4C=C(c5cncc(-n6cc7c(c6)CSC7)c5)NN4)cn3c2)C1. The van der Waals surface area contributed by atoms with E-state index in [1.54, 1.807) is 4.90 Å². The average molecular weight is 507 g/mol. The first kappa shape index (κ1) is 21.8. The number of thioether (sulfide) groups is 1. The first-order valence-electron chi connectivity index (χ1n) is 11.8. The average Bonchev–Trinajstić information content (AvgIpc) is 3.61. The zero-order valence-corrected chi connectivity index (χ0v) is 20.2. The second-order valence-corrected chi connectivity index (χ2v) is 10.6. The second-order valence-electron chi connectivity index (χ2n) is 9.58. The number of fused-ring (bicyclic) bond motifs is 2. The van der Waals surface area contributed by atoms with Crippen LogP contribution in [0.15, 0.2) is 61.6 Å². The van der Waals surface area contributed by atoms with Gasteiger partial charge in [0.1, 0.15) is 5.65 Å². The number of imidazole rings is 1. The minimum absolute atomic E-state index is 0.173. The third-order valence-electron chi connectivity index (χ3n) is 6.68. The van der Waals surface area contributed by atoms with E-state index in [1.165, 1.54) is 11.1 Å². The predicted molar refractivity (Wildman–Crippen MR) is 134 cm³/mol. The quantitative estimate of drug-likeness (QED) is 0.415. The first-order valence-corrected chi connectivity index (χ1v) is 12.9. The molecule has 1 saturated heterocycles. The molecule has 0 radical (unpaired) electrons. The molecule has 3 aliphatic rings. The topological polar surface area (TPSA) is 65.7 Å². The van der Waals surface area contributed by atoms with Gasteiger partial charge >= 0.3 is 0 Å². The fourth-order valence-corrected chi connectivity index (χ4v) is 5.99. The summed E-state index contributed by atoms with van der Waals surface area (Å²) in [5.74, 6) is -0.403. The molecule has 0 aliphatic carbocycles. The van der Waals surface area contributed by atoms with Crippen molar-refractivity contribution in [2.75, 3.05) is 13.1 Å². The van der Waals surface area contributed by atoms with E-state index in [4.69, 9.17) is 4.98 Å². The van der Waals surface area contributed by atoms with Gasteiger partial charge in [0.15, 0.2) is 0 Å². The minimum atomic E-state index is -2.55. The molecule has 0 aromatic carbocycles. The molecule has 7 rings (SSSR count). The van der Waals surface area contributed by atoms with Crippen LogP contribution < -0.4 is 11.0 Å². The molecule has 0 bridgehead atoms. The lowest BCUT2D eigenvalue weighted by Crippen LogP contribution is -2.55. The van der Waals surface area contributed by atoms with Crippen LogP contribution in [-0.2, 0) is 24.6 Å². The number of pyridine rings is 2. The van der Waals surface area contributed by atoms with Gasteiger partial charge in [0.2, 0.25) is 0 Å². The summed E-state index contributed by atoms with van der Waals surface area (Å²) in [7, 11) is 0. The number of aromatic nitrogens is 4. The van der Waals surface area contributed by atoms with Gasteiger partial charge in [-0.3, -0.25) is 14.9 Å². The Kier molecular flexibility index (Phi) is 5.05. The van der Waals surface area contributed by atoms with Gasteiger partial charge in [0.25, 0.3) is 5.92 Å². The van der Waals surface area contributed by atoms with E-state index in [9.17, 15) is 8.78 Å². The Morgan fingerprint density at radius 1 is 1.00 bits per heavy atom. The van der Waals surface area contributed by atoms with E-state index in [-0.39, 0.29) is 13.1 Å². The molecule has 2 N–H and O–H groups in total. The van der Waals surface area contributed by atoms with Gasteiger partial charge in [-0.15, -0.1) is 5.53 Å². The minimum Gasteiger partial charge on any atom is -0.322 e. The number of likely N-dealkylation sites (tertiary alicyclic amines) is 1. The van der Waals surface area contributed by atoms with Crippen molar-refractivity contribution in [1.82, 2.24) is 39.8 Å². The van der Waals surface area contributed by atoms with Gasteiger partial charge < -0.3 is 14.4 Å². The highest BCUT2D eigenvalue weighted by atomic mass is 32.2. The summed E-state index contributed by atoms with van der Waals surface area (Å²) in [5.41, 5.74) is 14.9. The van der Waals surface area contributed by atoms with Crippen LogP contribution >= 0.6 is 11.8 Å². The van der Waals surface area contributed by atoms with Gasteiger partial charge in [0.05, 0.1) is 42.9 Å². The van der Waals surface area contributed by atoms with Crippen molar-refractivity contribution in [2.45, 2.75) is 30.5 Å². The van der Waals surface area contributed by atoms with Gasteiger partial charge in [-0.05, 0) is 28.8 Å². The van der Waals surface area contributed by atoms with E-state index in [2.05, 4.69) is 39.0 Å². The van der Waals surface area contributed by atoms with E-state index in [0.717, 1.165) is 45.4 Å². The molecule has 11 heteroatoms. The van der Waals surface area contributed by atoms with Crippen LogP contribution in [0.4, 0.5) is 8.78 Å². The van der Waals surface area contributed by atoms with Crippen molar-refractivity contribution in [3.8, 4) is 5.69 Å². The van der Waals surface area contributed by atoms with E-state index >= 15 is 0 Å². The standard InChI is InChI=1S/C25H24F2N8S/c26-25(27)15-32(16-25)6-17-1-2-24-29-21(10-34(24)7-17)11-35-12-23(30-31-35)18-3-22(5-28-4-18)33-8-19-13-36-14-20(19)9-33/h1-5,7-10,12,30-31H,6,11,13-16H2. The van der Waals surface area contributed by atoms with Gasteiger partial charge in [-0.2, -0.15) is 11.8 Å². The fraction of sp³-hybridized carbons (Fsp3) is 0.280. The van der Waals surface area contributed by atoms with E-state index in [0.29, 0.717) is 13.1 Å². The van der Waals surface area contributed by atoms with Gasteiger partial charge in [-0.25, -0.2) is 13.8 Å². The Morgan fingerprint density at radius 3 is 2.64 bits per heavy atom. The molecule has 36 heavy (non-hydrogen) atoms. The van der Waals surface area contributed by atoms with Crippen molar-refractivity contribution < 1.29 is 8.78 Å². The number of hydrogen-bond donors (Lipinski definition) is 2. The zero-order valence-electron chi connectivity index (χ0n) is 19.4. The monoisotopic (exact) mass is 506 g/mol. The summed E-state index contributed by atoms with van der Waals surface area (Å²) in [6.45, 7) is 0.725. The molecule has 3 aliphatic heterocycles. The van der Waals surface area contributed by atoms with Crippen LogP contribution in [0.2, 0.25) is 0 Å². The lowest BCUT2D eigenvalue weighted by molar-refractivity contribution is -0.133. The predicted octanol–water partition coefficient (Wildman–Crippen LogP) is 3.54. The normalized spacial score (nSPS) is 18.8. The third kappa shape index (κ3) is 4.12. The first-order chi connectivity index (χ1) is 17.5. The summed E-state index contributed by atoms with van der Waals surface area (Å²) in [6, 6.07) is 6.01. The highest BCUT2D eigenvalue weighted by Crippen LogP contribution is 2.32. The molecule has 7 heterocycles. The van der Waals surface area contributed by atoms with Crippen LogP contribution in [-0.4, -0.2) is 47.9 Å². The molecule has 4 aromatic rings. The Bertz CT molecular complexity index is 1460. The summed E-state index contributed by atoms with van der Waals surface area (Å²) >= 11 is 1.95. The molecule has 4 aromatic heterocycles. The third-order valence-corrected chi connectivity index (χ3v) is 7.71. The summed E-state index contributed by atoms with van der Waals surface area (Å²) in [4.78, 5) is 10.9. The maximum absolute atomic E-state index is 13.1. The number of nitrogens with zero attached hydrogens (tertiary/aromatic N) is 6. The molecule has 184 valence electrons. The number of hydrogen-bond acceptors (Lipinski definition) is 7. The number of rotatable bonds is 6. The molecular weight excluding hydrogens is 482 g/mol. The maximum atomic E-state index is 13.1. The van der Waals surface area contributed by atoms with Crippen molar-refractivity contribution >= 4 is 23.1 Å². The molecule has 0 amide bonds. The molecule has 0 unspecified atom stereocenters.